The summed E-state index contributed by atoms with van der Waals surface area (Å²) in [5.41, 5.74) is 0.875. The van der Waals surface area contributed by atoms with Gasteiger partial charge in [0, 0.05) is 40.5 Å². The summed E-state index contributed by atoms with van der Waals surface area (Å²) in [7, 11) is -0.256. The van der Waals surface area contributed by atoms with E-state index in [1.165, 1.54) is 12.8 Å². The number of anilines is 1. The fourth-order valence-electron chi connectivity index (χ4n) is 4.13. The number of aromatic nitrogens is 3. The standard InChI is InChI=1S/C18H27N5OS/c1-23(18-16-8-9-20-17(16)21-12-22-18)15-6-4-14(5-7-15)11-25(19,24)10-13-2-3-13/h8-9,12-15,19H,2-7,10-11H2,1H3,(H,20,21,22)/t14-,15+,25-/m0/s1. The lowest BCUT2D eigenvalue weighted by Gasteiger charge is -2.35. The second-order valence-electron chi connectivity index (χ2n) is 7.81. The second-order valence-corrected chi connectivity index (χ2v) is 10.1. The van der Waals surface area contributed by atoms with Crippen LogP contribution >= 0.6 is 0 Å². The van der Waals surface area contributed by atoms with Gasteiger partial charge in [0.25, 0.3) is 0 Å². The first-order chi connectivity index (χ1) is 12.0. The van der Waals surface area contributed by atoms with Crippen molar-refractivity contribution >= 4 is 26.6 Å². The summed E-state index contributed by atoms with van der Waals surface area (Å²) in [6.07, 6.45) is 10.2. The summed E-state index contributed by atoms with van der Waals surface area (Å²) < 4.78 is 20.7. The average molecular weight is 362 g/mol. The van der Waals surface area contributed by atoms with E-state index in [1.54, 1.807) is 6.33 Å². The van der Waals surface area contributed by atoms with E-state index in [0.29, 0.717) is 29.4 Å². The zero-order valence-electron chi connectivity index (χ0n) is 14.8. The minimum Gasteiger partial charge on any atom is -0.356 e. The minimum absolute atomic E-state index is 0.450. The smallest absolute Gasteiger partial charge is 0.142 e. The Labute approximate surface area is 149 Å². The zero-order valence-corrected chi connectivity index (χ0v) is 15.6. The van der Waals surface area contributed by atoms with Crippen LogP contribution in [0.2, 0.25) is 0 Å². The van der Waals surface area contributed by atoms with E-state index in [9.17, 15) is 4.21 Å². The summed E-state index contributed by atoms with van der Waals surface area (Å²) >= 11 is 0. The lowest BCUT2D eigenvalue weighted by Crippen LogP contribution is -2.37. The van der Waals surface area contributed by atoms with E-state index in [1.807, 2.05) is 12.3 Å². The third-order valence-corrected chi connectivity index (χ3v) is 7.76. The van der Waals surface area contributed by atoms with Crippen molar-refractivity contribution in [3.63, 3.8) is 0 Å². The van der Waals surface area contributed by atoms with Gasteiger partial charge in [-0.3, -0.25) is 4.78 Å². The normalized spacial score (nSPS) is 26.4. The zero-order chi connectivity index (χ0) is 17.4. The third kappa shape index (κ3) is 3.81. The molecule has 0 amide bonds. The van der Waals surface area contributed by atoms with Crippen LogP contribution < -0.4 is 4.90 Å². The SMILES string of the molecule is CN(c1ncnc2[nH]ccc12)[C@H]1CC[C@@H](C[S@@](=N)(=O)CC2CC2)CC1. The molecule has 0 aliphatic heterocycles. The van der Waals surface area contributed by atoms with Gasteiger partial charge in [0.1, 0.15) is 17.8 Å². The Morgan fingerprint density at radius 3 is 2.44 bits per heavy atom. The van der Waals surface area contributed by atoms with Gasteiger partial charge in [0.2, 0.25) is 0 Å². The Morgan fingerprint density at radius 2 is 1.80 bits per heavy atom. The summed E-state index contributed by atoms with van der Waals surface area (Å²) in [6, 6.07) is 2.48. The molecule has 0 saturated heterocycles. The number of H-pyrrole nitrogens is 1. The fourth-order valence-corrected chi connectivity index (χ4v) is 6.45. The lowest BCUT2D eigenvalue weighted by molar-refractivity contribution is 0.342. The van der Waals surface area contributed by atoms with E-state index in [0.717, 1.165) is 42.5 Å². The van der Waals surface area contributed by atoms with Crippen molar-refractivity contribution in [2.24, 2.45) is 11.8 Å². The molecule has 2 aliphatic rings. The molecule has 0 radical (unpaired) electrons. The number of rotatable bonds is 6. The maximum absolute atomic E-state index is 12.5. The highest BCUT2D eigenvalue weighted by molar-refractivity contribution is 7.92. The van der Waals surface area contributed by atoms with Crippen molar-refractivity contribution in [1.29, 1.82) is 4.78 Å². The topological polar surface area (TPSA) is 85.7 Å². The second kappa shape index (κ2) is 6.59. The molecular formula is C18H27N5OS. The Balaban J connectivity index is 1.37. The summed E-state index contributed by atoms with van der Waals surface area (Å²) in [6.45, 7) is 0. The van der Waals surface area contributed by atoms with Crippen LogP contribution in [0.3, 0.4) is 0 Å². The van der Waals surface area contributed by atoms with Gasteiger partial charge in [-0.1, -0.05) is 0 Å². The highest BCUT2D eigenvalue weighted by Crippen LogP contribution is 2.34. The highest BCUT2D eigenvalue weighted by atomic mass is 32.2. The molecule has 7 heteroatoms. The first kappa shape index (κ1) is 16.8. The molecule has 2 saturated carbocycles. The van der Waals surface area contributed by atoms with Gasteiger partial charge in [-0.2, -0.15) is 0 Å². The molecule has 0 spiro atoms. The average Bonchev–Trinajstić information content (AvgIpc) is 3.25. The number of hydrogen-bond donors (Lipinski definition) is 2. The molecule has 2 aliphatic carbocycles. The monoisotopic (exact) mass is 361 g/mol. The van der Waals surface area contributed by atoms with E-state index in [2.05, 4.69) is 26.9 Å². The quantitative estimate of drug-likeness (QED) is 0.825. The predicted octanol–water partition coefficient (Wildman–Crippen LogP) is 3.41. The van der Waals surface area contributed by atoms with Crippen molar-refractivity contribution in [3.05, 3.63) is 18.6 Å². The van der Waals surface area contributed by atoms with Gasteiger partial charge in [-0.15, -0.1) is 0 Å². The van der Waals surface area contributed by atoms with Crippen molar-refractivity contribution < 1.29 is 4.21 Å². The molecule has 0 unspecified atom stereocenters. The van der Waals surface area contributed by atoms with Crippen LogP contribution in [0.1, 0.15) is 38.5 Å². The van der Waals surface area contributed by atoms with Crippen LogP contribution in [-0.2, 0) is 9.73 Å². The molecule has 25 heavy (non-hydrogen) atoms. The maximum Gasteiger partial charge on any atom is 0.142 e. The molecule has 1 atom stereocenters. The highest BCUT2D eigenvalue weighted by Gasteiger charge is 2.30. The lowest BCUT2D eigenvalue weighted by atomic mass is 9.86. The number of fused-ring (bicyclic) bond motifs is 1. The minimum atomic E-state index is -2.37. The number of nitrogens with zero attached hydrogens (tertiary/aromatic N) is 3. The van der Waals surface area contributed by atoms with E-state index >= 15 is 0 Å². The molecule has 2 aromatic heterocycles. The molecule has 6 nitrogen and oxygen atoms in total. The van der Waals surface area contributed by atoms with Gasteiger partial charge in [0.05, 0.1) is 5.39 Å². The Morgan fingerprint density at radius 1 is 1.16 bits per heavy atom. The molecule has 2 N–H and O–H groups in total. The number of aromatic amines is 1. The third-order valence-electron chi connectivity index (χ3n) is 5.74. The first-order valence-electron chi connectivity index (χ1n) is 9.27. The summed E-state index contributed by atoms with van der Waals surface area (Å²) in [5, 5.41) is 1.06. The Hall–Kier alpha value is -1.63. The number of nitrogens with one attached hydrogen (secondary N) is 2. The molecule has 2 aromatic rings. The van der Waals surface area contributed by atoms with Crippen molar-refractivity contribution in [1.82, 2.24) is 15.0 Å². The van der Waals surface area contributed by atoms with Crippen LogP contribution in [0.4, 0.5) is 5.82 Å². The van der Waals surface area contributed by atoms with Crippen LogP contribution in [0.25, 0.3) is 11.0 Å². The van der Waals surface area contributed by atoms with E-state index in [4.69, 9.17) is 4.78 Å². The fraction of sp³-hybridized carbons (Fsp3) is 0.667. The van der Waals surface area contributed by atoms with Crippen molar-refractivity contribution in [2.45, 2.75) is 44.6 Å². The van der Waals surface area contributed by atoms with Crippen LogP contribution in [0, 0.1) is 16.6 Å². The summed E-state index contributed by atoms with van der Waals surface area (Å²) in [5.74, 6) is 3.25. The van der Waals surface area contributed by atoms with Gasteiger partial charge >= 0.3 is 0 Å². The Bertz CT molecular complexity index is 834. The van der Waals surface area contributed by atoms with Gasteiger partial charge < -0.3 is 9.88 Å². The summed E-state index contributed by atoms with van der Waals surface area (Å²) in [4.78, 5) is 14.2. The molecule has 2 fully saturated rings. The predicted molar refractivity (Wildman–Crippen MR) is 101 cm³/mol. The molecular weight excluding hydrogens is 334 g/mol. The molecule has 136 valence electrons. The van der Waals surface area contributed by atoms with Gasteiger partial charge in [-0.05, 0) is 56.4 Å². The van der Waals surface area contributed by atoms with Gasteiger partial charge in [-0.25, -0.2) is 14.2 Å². The van der Waals surface area contributed by atoms with Crippen LogP contribution in [-0.4, -0.2) is 43.8 Å². The van der Waals surface area contributed by atoms with Crippen LogP contribution in [0.15, 0.2) is 18.6 Å². The number of hydrogen-bond acceptors (Lipinski definition) is 5. The molecule has 0 bridgehead atoms. The van der Waals surface area contributed by atoms with E-state index < -0.39 is 9.73 Å². The van der Waals surface area contributed by atoms with Gasteiger partial charge in [0.15, 0.2) is 0 Å². The largest absolute Gasteiger partial charge is 0.356 e. The Kier molecular flexibility index (Phi) is 4.43. The maximum atomic E-state index is 12.5. The van der Waals surface area contributed by atoms with Crippen molar-refractivity contribution in [3.8, 4) is 0 Å². The van der Waals surface area contributed by atoms with E-state index in [-0.39, 0.29) is 0 Å². The molecule has 4 rings (SSSR count). The molecule has 2 heterocycles. The molecule has 0 aromatic carbocycles. The van der Waals surface area contributed by atoms with Crippen molar-refractivity contribution in [2.75, 3.05) is 23.5 Å². The first-order valence-corrected chi connectivity index (χ1v) is 11.2. The van der Waals surface area contributed by atoms with Crippen LogP contribution in [0.5, 0.6) is 0 Å².